The number of amides is 1. The summed E-state index contributed by atoms with van der Waals surface area (Å²) in [6, 6.07) is 14.9. The van der Waals surface area contributed by atoms with E-state index >= 15 is 0 Å². The molecule has 1 N–H and O–H groups in total. The van der Waals surface area contributed by atoms with Gasteiger partial charge in [-0.2, -0.15) is 0 Å². The summed E-state index contributed by atoms with van der Waals surface area (Å²) in [5.41, 5.74) is 1.70. The van der Waals surface area contributed by atoms with E-state index in [4.69, 9.17) is 14.2 Å². The number of carbonyl (C=O) groups is 1. The first kappa shape index (κ1) is 16.4. The predicted octanol–water partition coefficient (Wildman–Crippen LogP) is 3.60. The number of methoxy groups -OCH3 is 1. The molecule has 0 bridgehead atoms. The Hall–Kier alpha value is -3.06. The quantitative estimate of drug-likeness (QED) is 0.762. The smallest absolute Gasteiger partial charge is 0.270 e. The van der Waals surface area contributed by atoms with Gasteiger partial charge in [0.1, 0.15) is 12.4 Å². The van der Waals surface area contributed by atoms with Crippen molar-refractivity contribution in [3.05, 3.63) is 53.9 Å². The number of rotatable bonds is 4. The molecule has 2 heterocycles. The van der Waals surface area contributed by atoms with Gasteiger partial charge in [0.15, 0.2) is 16.6 Å². The topological polar surface area (TPSA) is 69.7 Å². The maximum Gasteiger partial charge on any atom is 0.270 e. The average Bonchev–Trinajstić information content (AvgIpc) is 3.16. The Bertz CT molecular complexity index is 941. The average molecular weight is 368 g/mol. The standard InChI is InChI=1S/C19H16N2O4S/c1-23-13-6-4-5-12(9-13)14-11-26-19(20-14)21-18(22)17-10-24-15-7-2-3-8-16(15)25-17/h2-9,11,17H,10H2,1H3,(H,20,21,22)/t17-/m0/s1. The number of fused-ring (bicyclic) bond motifs is 1. The van der Waals surface area contributed by atoms with Crippen LogP contribution in [0, 0.1) is 0 Å². The van der Waals surface area contributed by atoms with E-state index in [1.54, 1.807) is 13.2 Å². The van der Waals surface area contributed by atoms with Crippen molar-refractivity contribution in [3.63, 3.8) is 0 Å². The van der Waals surface area contributed by atoms with Crippen molar-refractivity contribution in [2.75, 3.05) is 19.0 Å². The van der Waals surface area contributed by atoms with Crippen molar-refractivity contribution in [1.82, 2.24) is 4.98 Å². The van der Waals surface area contributed by atoms with Gasteiger partial charge in [0, 0.05) is 10.9 Å². The van der Waals surface area contributed by atoms with E-state index in [2.05, 4.69) is 10.3 Å². The molecule has 1 atom stereocenters. The second-order valence-electron chi connectivity index (χ2n) is 5.62. The van der Waals surface area contributed by atoms with Gasteiger partial charge in [-0.05, 0) is 24.3 Å². The first-order chi connectivity index (χ1) is 12.7. The molecule has 0 fully saturated rings. The lowest BCUT2D eigenvalue weighted by Gasteiger charge is -2.25. The van der Waals surface area contributed by atoms with Crippen LogP contribution < -0.4 is 19.5 Å². The van der Waals surface area contributed by atoms with Gasteiger partial charge >= 0.3 is 0 Å². The minimum atomic E-state index is -0.714. The van der Waals surface area contributed by atoms with Gasteiger partial charge in [0.2, 0.25) is 6.10 Å². The third-order valence-corrected chi connectivity index (χ3v) is 4.66. The summed E-state index contributed by atoms with van der Waals surface area (Å²) in [7, 11) is 1.62. The summed E-state index contributed by atoms with van der Waals surface area (Å²) in [6.45, 7) is 0.164. The number of carbonyl (C=O) groups excluding carboxylic acids is 1. The SMILES string of the molecule is COc1cccc(-c2csc(NC(=O)[C@@H]3COc4ccccc4O3)n2)c1. The van der Waals surface area contributed by atoms with E-state index in [1.165, 1.54) is 11.3 Å². The lowest BCUT2D eigenvalue weighted by Crippen LogP contribution is -2.40. The van der Waals surface area contributed by atoms with Gasteiger partial charge in [-0.25, -0.2) is 4.98 Å². The van der Waals surface area contributed by atoms with E-state index in [1.807, 2.05) is 47.8 Å². The van der Waals surface area contributed by atoms with Crippen LogP contribution in [-0.4, -0.2) is 30.7 Å². The first-order valence-electron chi connectivity index (χ1n) is 8.02. The van der Waals surface area contributed by atoms with E-state index in [-0.39, 0.29) is 12.5 Å². The monoisotopic (exact) mass is 368 g/mol. The third-order valence-electron chi connectivity index (χ3n) is 3.90. The summed E-state index contributed by atoms with van der Waals surface area (Å²) < 4.78 is 16.5. The molecule has 0 spiro atoms. The number of hydrogen-bond acceptors (Lipinski definition) is 6. The highest BCUT2D eigenvalue weighted by Gasteiger charge is 2.27. The van der Waals surface area contributed by atoms with Crippen LogP contribution in [0.25, 0.3) is 11.3 Å². The normalized spacial score (nSPS) is 15.3. The Balaban J connectivity index is 1.45. The number of para-hydroxylation sites is 2. The number of aromatic nitrogens is 1. The zero-order valence-corrected chi connectivity index (χ0v) is 14.8. The molecule has 0 unspecified atom stereocenters. The van der Waals surface area contributed by atoms with Crippen LogP contribution in [0.3, 0.4) is 0 Å². The fraction of sp³-hybridized carbons (Fsp3) is 0.158. The van der Waals surface area contributed by atoms with Gasteiger partial charge in [-0.1, -0.05) is 24.3 Å². The van der Waals surface area contributed by atoms with Gasteiger partial charge in [0.25, 0.3) is 5.91 Å². The van der Waals surface area contributed by atoms with Gasteiger partial charge in [-0.3, -0.25) is 10.1 Å². The molecule has 0 aliphatic carbocycles. The highest BCUT2D eigenvalue weighted by molar-refractivity contribution is 7.14. The largest absolute Gasteiger partial charge is 0.497 e. The van der Waals surface area contributed by atoms with Crippen LogP contribution in [-0.2, 0) is 4.79 Å². The molecule has 3 aromatic rings. The Morgan fingerprint density at radius 3 is 2.92 bits per heavy atom. The highest BCUT2D eigenvalue weighted by atomic mass is 32.1. The summed E-state index contributed by atoms with van der Waals surface area (Å²) in [6.07, 6.45) is -0.714. The van der Waals surface area contributed by atoms with Gasteiger partial charge < -0.3 is 14.2 Å². The summed E-state index contributed by atoms with van der Waals surface area (Å²) in [5.74, 6) is 1.68. The number of hydrogen-bond donors (Lipinski definition) is 1. The molecule has 6 nitrogen and oxygen atoms in total. The minimum Gasteiger partial charge on any atom is -0.497 e. The number of ether oxygens (including phenoxy) is 3. The lowest BCUT2D eigenvalue weighted by molar-refractivity contribution is -0.125. The van der Waals surface area contributed by atoms with Crippen LogP contribution in [0.2, 0.25) is 0 Å². The third kappa shape index (κ3) is 3.34. The van der Waals surface area contributed by atoms with E-state index in [0.717, 1.165) is 17.0 Å². The number of nitrogens with zero attached hydrogens (tertiary/aromatic N) is 1. The number of anilines is 1. The second-order valence-corrected chi connectivity index (χ2v) is 6.48. The maximum atomic E-state index is 12.5. The summed E-state index contributed by atoms with van der Waals surface area (Å²) in [4.78, 5) is 16.9. The van der Waals surface area contributed by atoms with Gasteiger partial charge in [0.05, 0.1) is 12.8 Å². The van der Waals surface area contributed by atoms with E-state index < -0.39 is 6.10 Å². The Kier molecular flexibility index (Phi) is 4.45. The molecule has 4 rings (SSSR count). The number of nitrogens with one attached hydrogen (secondary N) is 1. The van der Waals surface area contributed by atoms with E-state index in [9.17, 15) is 4.79 Å². The number of thiazole rings is 1. The molecular formula is C19H16N2O4S. The molecule has 1 aliphatic heterocycles. The lowest BCUT2D eigenvalue weighted by atomic mass is 10.2. The fourth-order valence-corrected chi connectivity index (χ4v) is 3.30. The molecule has 0 saturated carbocycles. The highest BCUT2D eigenvalue weighted by Crippen LogP contribution is 2.32. The first-order valence-corrected chi connectivity index (χ1v) is 8.90. The van der Waals surface area contributed by atoms with Crippen molar-refractivity contribution in [2.45, 2.75) is 6.10 Å². The molecule has 7 heteroatoms. The summed E-state index contributed by atoms with van der Waals surface area (Å²) >= 11 is 1.36. The molecule has 1 aliphatic rings. The van der Waals surface area contributed by atoms with Crippen molar-refractivity contribution in [3.8, 4) is 28.5 Å². The minimum absolute atomic E-state index is 0.164. The molecule has 2 aromatic carbocycles. The Morgan fingerprint density at radius 1 is 1.23 bits per heavy atom. The Morgan fingerprint density at radius 2 is 2.08 bits per heavy atom. The van der Waals surface area contributed by atoms with Crippen LogP contribution in [0.1, 0.15) is 0 Å². The van der Waals surface area contributed by atoms with Crippen LogP contribution in [0.15, 0.2) is 53.9 Å². The molecule has 0 saturated heterocycles. The van der Waals surface area contributed by atoms with Crippen LogP contribution in [0.5, 0.6) is 17.2 Å². The van der Waals surface area contributed by atoms with Crippen molar-refractivity contribution < 1.29 is 19.0 Å². The van der Waals surface area contributed by atoms with Crippen molar-refractivity contribution in [2.24, 2.45) is 0 Å². The fourth-order valence-electron chi connectivity index (χ4n) is 2.58. The zero-order chi connectivity index (χ0) is 17.9. The predicted molar refractivity (Wildman–Crippen MR) is 99.1 cm³/mol. The molecule has 26 heavy (non-hydrogen) atoms. The Labute approximate surface area is 154 Å². The molecule has 0 radical (unpaired) electrons. The maximum absolute atomic E-state index is 12.5. The van der Waals surface area contributed by atoms with Crippen molar-refractivity contribution in [1.29, 1.82) is 0 Å². The molecular weight excluding hydrogens is 352 g/mol. The number of benzene rings is 2. The molecule has 1 aromatic heterocycles. The molecule has 1 amide bonds. The van der Waals surface area contributed by atoms with E-state index in [0.29, 0.717) is 16.6 Å². The zero-order valence-electron chi connectivity index (χ0n) is 14.0. The summed E-state index contributed by atoms with van der Waals surface area (Å²) in [5, 5.41) is 5.19. The molecule has 132 valence electrons. The van der Waals surface area contributed by atoms with Gasteiger partial charge in [-0.15, -0.1) is 11.3 Å². The van der Waals surface area contributed by atoms with Crippen molar-refractivity contribution >= 4 is 22.4 Å². The second kappa shape index (κ2) is 7.05. The van der Waals surface area contributed by atoms with Crippen LogP contribution >= 0.6 is 11.3 Å². The van der Waals surface area contributed by atoms with Crippen LogP contribution in [0.4, 0.5) is 5.13 Å².